The van der Waals surface area contributed by atoms with Crippen LogP contribution in [0.3, 0.4) is 0 Å². The fraction of sp³-hybridized carbons (Fsp3) is 0.318. The fourth-order valence-corrected chi connectivity index (χ4v) is 3.16. The van der Waals surface area contributed by atoms with E-state index in [1.807, 2.05) is 44.2 Å². The van der Waals surface area contributed by atoms with Crippen LogP contribution >= 0.6 is 0 Å². The lowest BCUT2D eigenvalue weighted by Crippen LogP contribution is -2.30. The summed E-state index contributed by atoms with van der Waals surface area (Å²) in [6, 6.07) is 13.9. The fourth-order valence-electron chi connectivity index (χ4n) is 3.16. The van der Waals surface area contributed by atoms with Crippen molar-refractivity contribution in [2.45, 2.75) is 38.6 Å². The highest BCUT2D eigenvalue weighted by Crippen LogP contribution is 2.38. The van der Waals surface area contributed by atoms with Crippen molar-refractivity contribution in [2.24, 2.45) is 5.92 Å². The van der Waals surface area contributed by atoms with Crippen LogP contribution in [0.5, 0.6) is 0 Å². The van der Waals surface area contributed by atoms with E-state index in [-0.39, 0.29) is 17.9 Å². The molecule has 5 heteroatoms. The van der Waals surface area contributed by atoms with Gasteiger partial charge in [-0.05, 0) is 41.2 Å². The van der Waals surface area contributed by atoms with Crippen LogP contribution in [0.1, 0.15) is 55.9 Å². The number of hydrogen-bond donors (Lipinski definition) is 1. The molecule has 4 rings (SSSR count). The molecule has 0 spiro atoms. The normalized spacial score (nSPS) is 15.5. The minimum atomic E-state index is -0.297. The van der Waals surface area contributed by atoms with E-state index in [2.05, 4.69) is 33.7 Å². The van der Waals surface area contributed by atoms with E-state index in [0.717, 1.165) is 35.0 Å². The van der Waals surface area contributed by atoms with E-state index in [9.17, 15) is 4.79 Å². The monoisotopic (exact) mass is 361 g/mol. The van der Waals surface area contributed by atoms with Crippen molar-refractivity contribution in [2.75, 3.05) is 0 Å². The topological polar surface area (TPSA) is 68.0 Å². The first kappa shape index (κ1) is 17.5. The van der Waals surface area contributed by atoms with Gasteiger partial charge in [0.1, 0.15) is 6.04 Å². The standard InChI is InChI=1S/C22H23N3O2/c1-14(2)20(22-24-21(25-27-22)17-10-11-17)23-19(26)13-12-16-8-5-7-15-6-3-4-9-18(15)16/h3-9,12-14,17,20H,10-11H2,1-2H3,(H,23,26)/b13-12+. The van der Waals surface area contributed by atoms with Crippen LogP contribution in [0, 0.1) is 5.92 Å². The molecule has 1 saturated carbocycles. The first-order valence-corrected chi connectivity index (χ1v) is 9.41. The minimum Gasteiger partial charge on any atom is -0.340 e. The van der Waals surface area contributed by atoms with Gasteiger partial charge in [-0.25, -0.2) is 0 Å². The summed E-state index contributed by atoms with van der Waals surface area (Å²) in [6.07, 6.45) is 5.64. The number of rotatable bonds is 6. The van der Waals surface area contributed by atoms with E-state index >= 15 is 0 Å². The molecule has 3 aromatic rings. The molecule has 5 nitrogen and oxygen atoms in total. The molecule has 0 radical (unpaired) electrons. The lowest BCUT2D eigenvalue weighted by Gasteiger charge is -2.17. The smallest absolute Gasteiger partial charge is 0.249 e. The second kappa shape index (κ2) is 7.35. The molecule has 1 atom stereocenters. The van der Waals surface area contributed by atoms with Gasteiger partial charge in [-0.3, -0.25) is 4.79 Å². The highest BCUT2D eigenvalue weighted by atomic mass is 16.5. The zero-order valence-electron chi connectivity index (χ0n) is 15.6. The van der Waals surface area contributed by atoms with Crippen molar-refractivity contribution in [3.8, 4) is 0 Å². The summed E-state index contributed by atoms with van der Waals surface area (Å²) in [4.78, 5) is 17.0. The Hall–Kier alpha value is -2.95. The molecule has 0 bridgehead atoms. The molecular weight excluding hydrogens is 338 g/mol. The predicted octanol–water partition coefficient (Wildman–Crippen LogP) is 4.63. The highest BCUT2D eigenvalue weighted by molar-refractivity contribution is 5.96. The van der Waals surface area contributed by atoms with Crippen molar-refractivity contribution in [1.82, 2.24) is 15.5 Å². The summed E-state index contributed by atoms with van der Waals surface area (Å²) in [6.45, 7) is 4.06. The summed E-state index contributed by atoms with van der Waals surface area (Å²) < 4.78 is 5.41. The molecule has 1 aromatic heterocycles. The first-order valence-electron chi connectivity index (χ1n) is 9.41. The molecule has 1 heterocycles. The average molecular weight is 361 g/mol. The zero-order valence-corrected chi connectivity index (χ0v) is 15.6. The maximum Gasteiger partial charge on any atom is 0.249 e. The summed E-state index contributed by atoms with van der Waals surface area (Å²) in [5, 5.41) is 9.34. The van der Waals surface area contributed by atoms with Gasteiger partial charge in [0.15, 0.2) is 5.82 Å². The molecule has 1 aliphatic carbocycles. The van der Waals surface area contributed by atoms with E-state index in [0.29, 0.717) is 11.8 Å². The predicted molar refractivity (Wildman–Crippen MR) is 105 cm³/mol. The number of nitrogens with one attached hydrogen (secondary N) is 1. The Morgan fingerprint density at radius 2 is 1.96 bits per heavy atom. The number of carbonyl (C=O) groups is 1. The van der Waals surface area contributed by atoms with Gasteiger partial charge in [0.2, 0.25) is 11.8 Å². The Balaban J connectivity index is 1.49. The number of nitrogens with zero attached hydrogens (tertiary/aromatic N) is 2. The van der Waals surface area contributed by atoms with Gasteiger partial charge in [-0.1, -0.05) is 61.5 Å². The largest absolute Gasteiger partial charge is 0.340 e. The number of amides is 1. The second-order valence-electron chi connectivity index (χ2n) is 7.40. The molecular formula is C22H23N3O2. The second-order valence-corrected chi connectivity index (χ2v) is 7.40. The SMILES string of the molecule is CC(C)C(NC(=O)/C=C/c1cccc2ccccc12)c1nc(C2CC2)no1. The Kier molecular flexibility index (Phi) is 4.75. The Bertz CT molecular complexity index is 981. The van der Waals surface area contributed by atoms with Crippen LogP contribution in [0.25, 0.3) is 16.8 Å². The van der Waals surface area contributed by atoms with Crippen LogP contribution in [-0.4, -0.2) is 16.0 Å². The maximum atomic E-state index is 12.5. The number of aromatic nitrogens is 2. The van der Waals surface area contributed by atoms with Crippen LogP contribution in [0.4, 0.5) is 0 Å². The van der Waals surface area contributed by atoms with Gasteiger partial charge in [0.25, 0.3) is 0 Å². The van der Waals surface area contributed by atoms with Gasteiger partial charge in [0.05, 0.1) is 0 Å². The lowest BCUT2D eigenvalue weighted by molar-refractivity contribution is -0.117. The van der Waals surface area contributed by atoms with Gasteiger partial charge in [-0.2, -0.15) is 4.98 Å². The third kappa shape index (κ3) is 3.92. The van der Waals surface area contributed by atoms with E-state index in [1.54, 1.807) is 6.08 Å². The molecule has 27 heavy (non-hydrogen) atoms. The molecule has 1 N–H and O–H groups in total. The molecule has 2 aromatic carbocycles. The van der Waals surface area contributed by atoms with Crippen molar-refractivity contribution in [1.29, 1.82) is 0 Å². The van der Waals surface area contributed by atoms with Gasteiger partial charge in [-0.15, -0.1) is 0 Å². The van der Waals surface area contributed by atoms with E-state index in [1.165, 1.54) is 0 Å². The molecule has 1 fully saturated rings. The third-order valence-corrected chi connectivity index (χ3v) is 4.87. The van der Waals surface area contributed by atoms with Crippen LogP contribution in [0.15, 0.2) is 53.1 Å². The van der Waals surface area contributed by atoms with E-state index < -0.39 is 0 Å². The Morgan fingerprint density at radius 3 is 2.74 bits per heavy atom. The average Bonchev–Trinajstić information content (AvgIpc) is 3.41. The first-order chi connectivity index (χ1) is 13.1. The van der Waals surface area contributed by atoms with E-state index in [4.69, 9.17) is 4.52 Å². The summed E-state index contributed by atoms with van der Waals surface area (Å²) >= 11 is 0. The number of carbonyl (C=O) groups excluding carboxylic acids is 1. The number of hydrogen-bond acceptors (Lipinski definition) is 4. The highest BCUT2D eigenvalue weighted by Gasteiger charge is 2.31. The summed E-state index contributed by atoms with van der Waals surface area (Å²) in [7, 11) is 0. The molecule has 138 valence electrons. The third-order valence-electron chi connectivity index (χ3n) is 4.87. The summed E-state index contributed by atoms with van der Waals surface area (Å²) in [5.74, 6) is 1.65. The molecule has 0 aliphatic heterocycles. The van der Waals surface area contributed by atoms with Crippen LogP contribution < -0.4 is 5.32 Å². The van der Waals surface area contributed by atoms with Crippen molar-refractivity contribution in [3.05, 3.63) is 65.8 Å². The van der Waals surface area contributed by atoms with Crippen LogP contribution in [-0.2, 0) is 4.79 Å². The molecule has 1 aliphatic rings. The van der Waals surface area contributed by atoms with Crippen molar-refractivity contribution < 1.29 is 9.32 Å². The van der Waals surface area contributed by atoms with Gasteiger partial charge < -0.3 is 9.84 Å². The lowest BCUT2D eigenvalue weighted by atomic mass is 10.0. The summed E-state index contributed by atoms with van der Waals surface area (Å²) in [5.41, 5.74) is 1.01. The molecule has 1 amide bonds. The maximum absolute atomic E-state index is 12.5. The molecule has 0 saturated heterocycles. The number of benzene rings is 2. The Morgan fingerprint density at radius 1 is 1.19 bits per heavy atom. The van der Waals surface area contributed by atoms with Crippen LogP contribution in [0.2, 0.25) is 0 Å². The minimum absolute atomic E-state index is 0.146. The zero-order chi connectivity index (χ0) is 18.8. The quantitative estimate of drug-likeness (QED) is 0.650. The molecule has 1 unspecified atom stereocenters. The van der Waals surface area contributed by atoms with Crippen molar-refractivity contribution in [3.63, 3.8) is 0 Å². The Labute approximate surface area is 158 Å². The van der Waals surface area contributed by atoms with Gasteiger partial charge in [0, 0.05) is 12.0 Å². The van der Waals surface area contributed by atoms with Crippen molar-refractivity contribution >= 4 is 22.8 Å². The number of fused-ring (bicyclic) bond motifs is 1. The van der Waals surface area contributed by atoms with Gasteiger partial charge >= 0.3 is 0 Å².